The Morgan fingerprint density at radius 2 is 2.25 bits per heavy atom. The summed E-state index contributed by atoms with van der Waals surface area (Å²) in [6, 6.07) is 1.55. The molecule has 0 saturated heterocycles. The van der Waals surface area contributed by atoms with Crippen LogP contribution in [0, 0.1) is 17.0 Å². The Labute approximate surface area is 117 Å². The monoisotopic (exact) mass is 281 g/mol. The van der Waals surface area contributed by atoms with E-state index < -0.39 is 16.4 Å². The first-order chi connectivity index (χ1) is 9.34. The zero-order valence-corrected chi connectivity index (χ0v) is 12.1. The fourth-order valence-electron chi connectivity index (χ4n) is 2.03. The molecule has 1 rings (SSSR count). The summed E-state index contributed by atoms with van der Waals surface area (Å²) in [4.78, 5) is 26.1. The number of carbonyl (C=O) groups is 1. The summed E-state index contributed by atoms with van der Waals surface area (Å²) in [7, 11) is 1.33. The van der Waals surface area contributed by atoms with Crippen molar-refractivity contribution in [1.29, 1.82) is 0 Å². The van der Waals surface area contributed by atoms with Gasteiger partial charge in [-0.15, -0.1) is 0 Å². The lowest BCUT2D eigenvalue weighted by Crippen LogP contribution is -2.44. The fraction of sp³-hybridized carbons (Fsp3) is 0.538. The third kappa shape index (κ3) is 3.43. The van der Waals surface area contributed by atoms with Crippen LogP contribution in [0.5, 0.6) is 0 Å². The SMILES string of the molecule is CCCC(C)(Nc1cc(C)c([N+](=O)[O-])cn1)C(=O)OC. The maximum absolute atomic E-state index is 11.9. The van der Waals surface area contributed by atoms with Crippen molar-refractivity contribution >= 4 is 17.5 Å². The highest BCUT2D eigenvalue weighted by Crippen LogP contribution is 2.24. The Kier molecular flexibility index (Phi) is 5.01. The molecule has 0 aliphatic rings. The Balaban J connectivity index is 3.03. The third-order valence-corrected chi connectivity index (χ3v) is 3.07. The molecule has 0 amide bonds. The second-order valence-electron chi connectivity index (χ2n) is 4.81. The highest BCUT2D eigenvalue weighted by Gasteiger charge is 2.34. The van der Waals surface area contributed by atoms with Gasteiger partial charge in [0.05, 0.1) is 12.0 Å². The summed E-state index contributed by atoms with van der Waals surface area (Å²) in [5.41, 5.74) is -0.471. The van der Waals surface area contributed by atoms with Crippen molar-refractivity contribution in [3.63, 3.8) is 0 Å². The van der Waals surface area contributed by atoms with Gasteiger partial charge in [-0.25, -0.2) is 9.78 Å². The Bertz CT molecular complexity index is 518. The fourth-order valence-corrected chi connectivity index (χ4v) is 2.03. The zero-order valence-electron chi connectivity index (χ0n) is 12.1. The van der Waals surface area contributed by atoms with Gasteiger partial charge in [0, 0.05) is 5.56 Å². The van der Waals surface area contributed by atoms with E-state index in [0.717, 1.165) is 6.42 Å². The molecule has 0 aliphatic carbocycles. The van der Waals surface area contributed by atoms with Crippen LogP contribution < -0.4 is 5.32 Å². The van der Waals surface area contributed by atoms with E-state index in [-0.39, 0.29) is 5.69 Å². The highest BCUT2D eigenvalue weighted by atomic mass is 16.6. The Morgan fingerprint density at radius 3 is 2.70 bits per heavy atom. The first-order valence-corrected chi connectivity index (χ1v) is 6.31. The molecule has 1 unspecified atom stereocenters. The molecule has 1 aromatic heterocycles. The van der Waals surface area contributed by atoms with Crippen molar-refractivity contribution in [3.05, 3.63) is 27.9 Å². The Morgan fingerprint density at radius 1 is 1.60 bits per heavy atom. The van der Waals surface area contributed by atoms with Crippen molar-refractivity contribution in [1.82, 2.24) is 4.98 Å². The van der Waals surface area contributed by atoms with Crippen molar-refractivity contribution < 1.29 is 14.5 Å². The van der Waals surface area contributed by atoms with Crippen LogP contribution in [0.4, 0.5) is 11.5 Å². The summed E-state index contributed by atoms with van der Waals surface area (Å²) in [6.07, 6.45) is 2.53. The topological polar surface area (TPSA) is 94.4 Å². The van der Waals surface area contributed by atoms with E-state index in [1.54, 1.807) is 19.9 Å². The van der Waals surface area contributed by atoms with Gasteiger partial charge in [-0.3, -0.25) is 10.1 Å². The lowest BCUT2D eigenvalue weighted by Gasteiger charge is -2.28. The van der Waals surface area contributed by atoms with E-state index in [0.29, 0.717) is 17.8 Å². The number of pyridine rings is 1. The van der Waals surface area contributed by atoms with E-state index in [4.69, 9.17) is 4.74 Å². The van der Waals surface area contributed by atoms with E-state index in [9.17, 15) is 14.9 Å². The number of nitrogens with zero attached hydrogens (tertiary/aromatic N) is 2. The number of methoxy groups -OCH3 is 1. The minimum absolute atomic E-state index is 0.0502. The van der Waals surface area contributed by atoms with Crippen molar-refractivity contribution in [2.75, 3.05) is 12.4 Å². The number of nitrogens with one attached hydrogen (secondary N) is 1. The molecule has 1 heterocycles. The van der Waals surface area contributed by atoms with Gasteiger partial charge in [0.25, 0.3) is 5.69 Å². The van der Waals surface area contributed by atoms with Crippen LogP contribution in [0.25, 0.3) is 0 Å². The number of carbonyl (C=O) groups excluding carboxylic acids is 1. The lowest BCUT2D eigenvalue weighted by atomic mass is 9.96. The van der Waals surface area contributed by atoms with Crippen molar-refractivity contribution in [3.8, 4) is 0 Å². The molecule has 0 spiro atoms. The van der Waals surface area contributed by atoms with Crippen LogP contribution in [0.15, 0.2) is 12.3 Å². The van der Waals surface area contributed by atoms with Gasteiger partial charge in [0.1, 0.15) is 17.6 Å². The van der Waals surface area contributed by atoms with Crippen LogP contribution in [-0.2, 0) is 9.53 Å². The molecule has 0 fully saturated rings. The van der Waals surface area contributed by atoms with Crippen molar-refractivity contribution in [2.45, 2.75) is 39.2 Å². The molecule has 1 aromatic rings. The molecule has 110 valence electrons. The number of aromatic nitrogens is 1. The summed E-state index contributed by atoms with van der Waals surface area (Å²) in [6.45, 7) is 5.30. The van der Waals surface area contributed by atoms with E-state index >= 15 is 0 Å². The van der Waals surface area contributed by atoms with Crippen LogP contribution in [0.3, 0.4) is 0 Å². The van der Waals surface area contributed by atoms with Crippen LogP contribution >= 0.6 is 0 Å². The number of esters is 1. The summed E-state index contributed by atoms with van der Waals surface area (Å²) in [5.74, 6) is 0.0200. The van der Waals surface area contributed by atoms with E-state index in [1.165, 1.54) is 13.3 Å². The van der Waals surface area contributed by atoms with Gasteiger partial charge in [-0.1, -0.05) is 13.3 Å². The maximum atomic E-state index is 11.9. The van der Waals surface area contributed by atoms with Gasteiger partial charge >= 0.3 is 5.97 Å². The molecule has 20 heavy (non-hydrogen) atoms. The number of hydrogen-bond acceptors (Lipinski definition) is 6. The van der Waals surface area contributed by atoms with Gasteiger partial charge in [-0.2, -0.15) is 0 Å². The number of aryl methyl sites for hydroxylation is 1. The highest BCUT2D eigenvalue weighted by molar-refractivity contribution is 5.83. The van der Waals surface area contributed by atoms with Crippen LogP contribution in [0.1, 0.15) is 32.3 Å². The molecule has 1 N–H and O–H groups in total. The average molecular weight is 281 g/mol. The number of nitro groups is 1. The minimum Gasteiger partial charge on any atom is -0.467 e. The first kappa shape index (κ1) is 15.9. The normalized spacial score (nSPS) is 13.4. The largest absolute Gasteiger partial charge is 0.467 e. The van der Waals surface area contributed by atoms with Gasteiger partial charge in [-0.05, 0) is 26.3 Å². The predicted molar refractivity (Wildman–Crippen MR) is 74.6 cm³/mol. The van der Waals surface area contributed by atoms with Crippen LogP contribution in [-0.4, -0.2) is 28.5 Å². The summed E-state index contributed by atoms with van der Waals surface area (Å²) < 4.78 is 4.79. The quantitative estimate of drug-likeness (QED) is 0.489. The van der Waals surface area contributed by atoms with Crippen molar-refractivity contribution in [2.24, 2.45) is 0 Å². The average Bonchev–Trinajstić information content (AvgIpc) is 2.37. The standard InChI is InChI=1S/C13H19N3O4/c1-5-6-13(3,12(17)20-4)15-11-7-9(2)10(8-14-11)16(18)19/h7-8H,5-6H2,1-4H3,(H,14,15). The van der Waals surface area contributed by atoms with Crippen LogP contribution in [0.2, 0.25) is 0 Å². The molecule has 7 nitrogen and oxygen atoms in total. The third-order valence-electron chi connectivity index (χ3n) is 3.07. The summed E-state index contributed by atoms with van der Waals surface area (Å²) in [5, 5.41) is 13.8. The minimum atomic E-state index is -0.904. The molecule has 0 aromatic carbocycles. The zero-order chi connectivity index (χ0) is 15.3. The number of anilines is 1. The second-order valence-corrected chi connectivity index (χ2v) is 4.81. The Hall–Kier alpha value is -2.18. The van der Waals surface area contributed by atoms with E-state index in [2.05, 4.69) is 10.3 Å². The van der Waals surface area contributed by atoms with Gasteiger partial charge in [0.15, 0.2) is 0 Å². The lowest BCUT2D eigenvalue weighted by molar-refractivity contribution is -0.385. The molecule has 0 radical (unpaired) electrons. The summed E-state index contributed by atoms with van der Waals surface area (Å²) >= 11 is 0. The van der Waals surface area contributed by atoms with Gasteiger partial charge < -0.3 is 10.1 Å². The molecule has 0 saturated carbocycles. The maximum Gasteiger partial charge on any atom is 0.331 e. The van der Waals surface area contributed by atoms with Gasteiger partial charge in [0.2, 0.25) is 0 Å². The first-order valence-electron chi connectivity index (χ1n) is 6.31. The molecule has 0 bridgehead atoms. The van der Waals surface area contributed by atoms with E-state index in [1.807, 2.05) is 6.92 Å². The molecular weight excluding hydrogens is 262 g/mol. The smallest absolute Gasteiger partial charge is 0.331 e. The predicted octanol–water partition coefficient (Wildman–Crippen LogP) is 2.44. The molecular formula is C13H19N3O4. The number of hydrogen-bond donors (Lipinski definition) is 1. The molecule has 7 heteroatoms. The molecule has 0 aliphatic heterocycles. The number of ether oxygens (including phenoxy) is 1. The number of rotatable bonds is 6. The molecule has 1 atom stereocenters. The second kappa shape index (κ2) is 6.31.